The quantitative estimate of drug-likeness (QED) is 0.321. The first kappa shape index (κ1) is 18.0. The molecule has 4 aromatic rings. The maximum Gasteiger partial charge on any atom is 0.137 e. The number of hydrogen-bond donors (Lipinski definition) is 3. The van der Waals surface area contributed by atoms with Gasteiger partial charge in [-0.2, -0.15) is 0 Å². The summed E-state index contributed by atoms with van der Waals surface area (Å²) in [5.41, 5.74) is 2.27. The highest BCUT2D eigenvalue weighted by Crippen LogP contribution is 2.21. The zero-order valence-electron chi connectivity index (χ0n) is 15.3. The standard InChI is InChI=1S/C21H23N5S/c1-15(26-27-19-5-4-17-13-23-9-6-16(17)11-19)12-22-10-7-18-14-25-21-20(18)3-2-8-24-21/h2-6,8-9,11,13-15,22,26H,7,10,12H2,1H3,(H,24,25)/t15-/m1/s1. The molecule has 3 aromatic heterocycles. The van der Waals surface area contributed by atoms with Crippen LogP contribution in [-0.2, 0) is 6.42 Å². The Kier molecular flexibility index (Phi) is 5.67. The molecule has 0 aliphatic rings. The number of aromatic amines is 1. The molecule has 3 heterocycles. The smallest absolute Gasteiger partial charge is 0.137 e. The van der Waals surface area contributed by atoms with Crippen molar-refractivity contribution < 1.29 is 0 Å². The number of benzene rings is 1. The predicted molar refractivity (Wildman–Crippen MR) is 113 cm³/mol. The van der Waals surface area contributed by atoms with E-state index < -0.39 is 0 Å². The minimum Gasteiger partial charge on any atom is -0.346 e. The van der Waals surface area contributed by atoms with Crippen molar-refractivity contribution in [3.63, 3.8) is 0 Å². The molecule has 0 amide bonds. The van der Waals surface area contributed by atoms with E-state index in [2.05, 4.69) is 62.4 Å². The number of nitrogens with one attached hydrogen (secondary N) is 3. The number of H-pyrrole nitrogens is 1. The van der Waals surface area contributed by atoms with E-state index in [1.54, 1.807) is 11.9 Å². The molecular weight excluding hydrogens is 354 g/mol. The van der Waals surface area contributed by atoms with Gasteiger partial charge >= 0.3 is 0 Å². The third kappa shape index (κ3) is 4.47. The molecule has 0 bridgehead atoms. The Morgan fingerprint density at radius 3 is 3.07 bits per heavy atom. The van der Waals surface area contributed by atoms with Gasteiger partial charge in [-0.1, -0.05) is 6.07 Å². The summed E-state index contributed by atoms with van der Waals surface area (Å²) in [6, 6.07) is 13.0. The fraction of sp³-hybridized carbons (Fsp3) is 0.238. The third-order valence-corrected chi connectivity index (χ3v) is 5.56. The number of nitrogens with zero attached hydrogens (tertiary/aromatic N) is 2. The van der Waals surface area contributed by atoms with Crippen LogP contribution in [0.4, 0.5) is 0 Å². The van der Waals surface area contributed by atoms with Crippen LogP contribution in [0.5, 0.6) is 0 Å². The molecule has 0 unspecified atom stereocenters. The molecule has 0 radical (unpaired) electrons. The second-order valence-electron chi connectivity index (χ2n) is 6.67. The van der Waals surface area contributed by atoms with Gasteiger partial charge in [-0.15, -0.1) is 0 Å². The zero-order chi connectivity index (χ0) is 18.5. The van der Waals surface area contributed by atoms with Crippen LogP contribution in [0.2, 0.25) is 0 Å². The summed E-state index contributed by atoms with van der Waals surface area (Å²) in [5.74, 6) is 0. The maximum absolute atomic E-state index is 4.34. The Bertz CT molecular complexity index is 1030. The zero-order valence-corrected chi connectivity index (χ0v) is 16.1. The van der Waals surface area contributed by atoms with E-state index in [0.717, 1.165) is 25.2 Å². The number of fused-ring (bicyclic) bond motifs is 2. The van der Waals surface area contributed by atoms with Crippen LogP contribution in [0, 0.1) is 0 Å². The molecule has 0 aliphatic heterocycles. The van der Waals surface area contributed by atoms with Crippen LogP contribution in [0.1, 0.15) is 12.5 Å². The van der Waals surface area contributed by atoms with Crippen molar-refractivity contribution in [3.05, 3.63) is 66.7 Å². The van der Waals surface area contributed by atoms with Gasteiger partial charge in [0.1, 0.15) is 5.65 Å². The van der Waals surface area contributed by atoms with Crippen molar-refractivity contribution in [1.29, 1.82) is 0 Å². The number of pyridine rings is 2. The van der Waals surface area contributed by atoms with Gasteiger partial charge in [-0.25, -0.2) is 4.98 Å². The average Bonchev–Trinajstić information content (AvgIpc) is 3.13. The number of hydrogen-bond acceptors (Lipinski definition) is 5. The SMILES string of the molecule is C[C@H](CNCCc1c[nH]c2ncccc12)NSc1ccc2cnccc2c1. The molecule has 5 nitrogen and oxygen atoms in total. The topological polar surface area (TPSA) is 65.6 Å². The average molecular weight is 378 g/mol. The summed E-state index contributed by atoms with van der Waals surface area (Å²) in [5, 5.41) is 7.14. The molecule has 4 rings (SSSR count). The third-order valence-electron chi connectivity index (χ3n) is 4.55. The molecule has 0 saturated heterocycles. The van der Waals surface area contributed by atoms with Gasteiger partial charge in [0.2, 0.25) is 0 Å². The highest BCUT2D eigenvalue weighted by molar-refractivity contribution is 7.97. The Balaban J connectivity index is 1.22. The second kappa shape index (κ2) is 8.52. The Hall–Kier alpha value is -2.41. The molecule has 27 heavy (non-hydrogen) atoms. The first-order valence-corrected chi connectivity index (χ1v) is 9.99. The van der Waals surface area contributed by atoms with Gasteiger partial charge in [0.05, 0.1) is 0 Å². The minimum atomic E-state index is 0.368. The minimum absolute atomic E-state index is 0.368. The summed E-state index contributed by atoms with van der Waals surface area (Å²) in [6.07, 6.45) is 8.60. The van der Waals surface area contributed by atoms with Crippen molar-refractivity contribution in [3.8, 4) is 0 Å². The maximum atomic E-state index is 4.34. The van der Waals surface area contributed by atoms with Crippen LogP contribution in [0.15, 0.2) is 66.1 Å². The van der Waals surface area contributed by atoms with Crippen molar-refractivity contribution in [2.45, 2.75) is 24.3 Å². The van der Waals surface area contributed by atoms with Gasteiger partial charge < -0.3 is 10.3 Å². The normalized spacial score (nSPS) is 12.6. The summed E-state index contributed by atoms with van der Waals surface area (Å²) < 4.78 is 3.51. The summed E-state index contributed by atoms with van der Waals surface area (Å²) in [7, 11) is 0. The molecule has 0 saturated carbocycles. The number of rotatable bonds is 8. The lowest BCUT2D eigenvalue weighted by molar-refractivity contribution is 0.586. The second-order valence-corrected chi connectivity index (χ2v) is 7.58. The van der Waals surface area contributed by atoms with Crippen molar-refractivity contribution in [2.75, 3.05) is 13.1 Å². The predicted octanol–water partition coefficient (Wildman–Crippen LogP) is 3.93. The van der Waals surface area contributed by atoms with E-state index >= 15 is 0 Å². The van der Waals surface area contributed by atoms with Crippen LogP contribution in [0.3, 0.4) is 0 Å². The van der Waals surface area contributed by atoms with Gasteiger partial charge in [-0.3, -0.25) is 9.71 Å². The van der Waals surface area contributed by atoms with Gasteiger partial charge in [0.15, 0.2) is 0 Å². The molecule has 3 N–H and O–H groups in total. The van der Waals surface area contributed by atoms with E-state index in [9.17, 15) is 0 Å². The monoisotopic (exact) mass is 377 g/mol. The van der Waals surface area contributed by atoms with Crippen LogP contribution >= 0.6 is 11.9 Å². The Morgan fingerprint density at radius 1 is 1.15 bits per heavy atom. The van der Waals surface area contributed by atoms with Crippen molar-refractivity contribution in [2.24, 2.45) is 0 Å². The van der Waals surface area contributed by atoms with E-state index in [0.29, 0.717) is 6.04 Å². The molecular formula is C21H23N5S. The van der Waals surface area contributed by atoms with Crippen molar-refractivity contribution >= 4 is 33.8 Å². The van der Waals surface area contributed by atoms with E-state index in [4.69, 9.17) is 0 Å². The summed E-state index contributed by atoms with van der Waals surface area (Å²) in [4.78, 5) is 12.9. The van der Waals surface area contributed by atoms with E-state index in [-0.39, 0.29) is 0 Å². The lowest BCUT2D eigenvalue weighted by Gasteiger charge is -2.14. The molecule has 1 aromatic carbocycles. The molecule has 0 spiro atoms. The fourth-order valence-corrected chi connectivity index (χ4v) is 3.84. The van der Waals surface area contributed by atoms with Gasteiger partial charge in [0.25, 0.3) is 0 Å². The van der Waals surface area contributed by atoms with E-state index in [1.807, 2.05) is 30.7 Å². The van der Waals surface area contributed by atoms with Crippen LogP contribution in [0.25, 0.3) is 21.8 Å². The van der Waals surface area contributed by atoms with Crippen LogP contribution < -0.4 is 10.0 Å². The largest absolute Gasteiger partial charge is 0.346 e. The number of aromatic nitrogens is 3. The molecule has 1 atom stereocenters. The Labute approximate surface area is 163 Å². The first-order chi connectivity index (χ1) is 13.3. The van der Waals surface area contributed by atoms with Gasteiger partial charge in [-0.05, 0) is 73.1 Å². The van der Waals surface area contributed by atoms with Crippen LogP contribution in [-0.4, -0.2) is 34.1 Å². The first-order valence-electron chi connectivity index (χ1n) is 9.17. The van der Waals surface area contributed by atoms with Gasteiger partial charge in [0, 0.05) is 53.0 Å². The summed E-state index contributed by atoms with van der Waals surface area (Å²) in [6.45, 7) is 4.06. The highest BCUT2D eigenvalue weighted by Gasteiger charge is 2.05. The fourth-order valence-electron chi connectivity index (χ4n) is 3.10. The molecule has 0 aliphatic carbocycles. The lowest BCUT2D eigenvalue weighted by Crippen LogP contribution is -2.33. The van der Waals surface area contributed by atoms with Crippen molar-refractivity contribution in [1.82, 2.24) is 25.0 Å². The van der Waals surface area contributed by atoms with E-state index in [1.165, 1.54) is 26.6 Å². The molecule has 0 fully saturated rings. The highest BCUT2D eigenvalue weighted by atomic mass is 32.2. The molecule has 6 heteroatoms. The molecule has 138 valence electrons. The summed E-state index contributed by atoms with van der Waals surface area (Å²) >= 11 is 1.68. The lowest BCUT2D eigenvalue weighted by atomic mass is 10.1. The Morgan fingerprint density at radius 2 is 2.11 bits per heavy atom.